The van der Waals surface area contributed by atoms with Crippen LogP contribution in [0, 0.1) is 0 Å². The minimum Gasteiger partial charge on any atom is -0.464 e. The predicted octanol–water partition coefficient (Wildman–Crippen LogP) is 1.49. The van der Waals surface area contributed by atoms with Crippen LogP contribution in [0.4, 0.5) is 0 Å². The first-order valence-corrected chi connectivity index (χ1v) is 8.16. The van der Waals surface area contributed by atoms with Crippen molar-refractivity contribution < 1.29 is 27.9 Å². The number of nitrogens with one attached hydrogen (secondary N) is 1. The number of allylic oxidation sites excluding steroid dienone is 1. The fraction of sp³-hybridized carbons (Fsp3) is 0.667. The molecular weight excluding hydrogens is 285 g/mol. The highest BCUT2D eigenvalue weighted by Crippen LogP contribution is 2.47. The molecule has 7 nitrogen and oxygen atoms in total. The van der Waals surface area contributed by atoms with E-state index in [4.69, 9.17) is 13.8 Å². The van der Waals surface area contributed by atoms with Gasteiger partial charge in [-0.15, -0.1) is 0 Å². The summed E-state index contributed by atoms with van der Waals surface area (Å²) in [4.78, 5) is 21.9. The van der Waals surface area contributed by atoms with Gasteiger partial charge in [0, 0.05) is 0 Å². The zero-order chi connectivity index (χ0) is 15.4. The number of carbonyl (C=O) groups excluding carboxylic acids is 2. The molecule has 1 amide bonds. The lowest BCUT2D eigenvalue weighted by molar-refractivity contribution is -0.145. The van der Waals surface area contributed by atoms with Gasteiger partial charge in [-0.2, -0.15) is 0 Å². The van der Waals surface area contributed by atoms with Gasteiger partial charge in [0.05, 0.1) is 26.0 Å². The molecule has 20 heavy (non-hydrogen) atoms. The summed E-state index contributed by atoms with van der Waals surface area (Å²) < 4.78 is 27.1. The van der Waals surface area contributed by atoms with Crippen molar-refractivity contribution in [3.05, 3.63) is 12.2 Å². The third-order valence-electron chi connectivity index (χ3n) is 2.10. The monoisotopic (exact) mass is 307 g/mol. The van der Waals surface area contributed by atoms with Crippen LogP contribution in [-0.2, 0) is 27.9 Å². The normalized spacial score (nSPS) is 13.2. The fourth-order valence-corrected chi connectivity index (χ4v) is 2.82. The molecule has 1 unspecified atom stereocenters. The van der Waals surface area contributed by atoms with E-state index in [2.05, 4.69) is 5.32 Å². The van der Waals surface area contributed by atoms with Crippen molar-refractivity contribution in [2.45, 2.75) is 26.8 Å². The molecule has 0 radical (unpaired) electrons. The van der Waals surface area contributed by atoms with Gasteiger partial charge in [0.15, 0.2) is 0 Å². The second-order valence-corrected chi connectivity index (χ2v) is 5.67. The van der Waals surface area contributed by atoms with Crippen molar-refractivity contribution in [2.75, 3.05) is 26.0 Å². The van der Waals surface area contributed by atoms with Gasteiger partial charge in [-0.3, -0.25) is 9.36 Å². The van der Waals surface area contributed by atoms with Crippen LogP contribution in [0.25, 0.3) is 0 Å². The molecule has 0 aromatic heterocycles. The molecule has 0 aliphatic rings. The molecule has 0 bridgehead atoms. The van der Waals surface area contributed by atoms with Crippen LogP contribution in [0.3, 0.4) is 0 Å². The van der Waals surface area contributed by atoms with Crippen molar-refractivity contribution in [1.29, 1.82) is 0 Å². The lowest BCUT2D eigenvalue weighted by Gasteiger charge is -2.15. The van der Waals surface area contributed by atoms with Crippen molar-refractivity contribution in [2.24, 2.45) is 0 Å². The van der Waals surface area contributed by atoms with Crippen molar-refractivity contribution in [1.82, 2.24) is 5.32 Å². The van der Waals surface area contributed by atoms with E-state index in [0.29, 0.717) is 6.41 Å². The summed E-state index contributed by atoms with van der Waals surface area (Å²) in [7, 11) is -3.20. The zero-order valence-electron chi connectivity index (χ0n) is 12.0. The van der Waals surface area contributed by atoms with Crippen LogP contribution in [0.5, 0.6) is 0 Å². The molecule has 1 atom stereocenters. The van der Waals surface area contributed by atoms with Crippen LogP contribution < -0.4 is 5.32 Å². The van der Waals surface area contributed by atoms with E-state index >= 15 is 0 Å². The van der Waals surface area contributed by atoms with E-state index in [1.165, 1.54) is 12.2 Å². The first-order chi connectivity index (χ1) is 9.52. The molecule has 116 valence electrons. The van der Waals surface area contributed by atoms with Crippen LogP contribution in [0.1, 0.15) is 20.8 Å². The summed E-state index contributed by atoms with van der Waals surface area (Å²) in [6, 6.07) is -0.913. The Morgan fingerprint density at radius 3 is 2.25 bits per heavy atom. The van der Waals surface area contributed by atoms with Gasteiger partial charge in [-0.05, 0) is 20.8 Å². The molecule has 0 aliphatic heterocycles. The quantitative estimate of drug-likeness (QED) is 0.269. The molecular formula is C12H22NO6P. The molecule has 0 fully saturated rings. The highest BCUT2D eigenvalue weighted by Gasteiger charge is 2.22. The predicted molar refractivity (Wildman–Crippen MR) is 74.5 cm³/mol. The Balaban J connectivity index is 4.65. The van der Waals surface area contributed by atoms with Gasteiger partial charge in [0.1, 0.15) is 6.04 Å². The minimum atomic E-state index is -3.20. The smallest absolute Gasteiger partial charge is 0.334 e. The van der Waals surface area contributed by atoms with Gasteiger partial charge in [-0.25, -0.2) is 4.79 Å². The molecule has 0 spiro atoms. The molecule has 0 aromatic carbocycles. The first kappa shape index (κ1) is 18.8. The van der Waals surface area contributed by atoms with Gasteiger partial charge in [0.25, 0.3) is 0 Å². The fourth-order valence-electron chi connectivity index (χ4n) is 1.37. The topological polar surface area (TPSA) is 90.9 Å². The van der Waals surface area contributed by atoms with E-state index in [9.17, 15) is 14.2 Å². The van der Waals surface area contributed by atoms with E-state index in [1.54, 1.807) is 20.8 Å². The van der Waals surface area contributed by atoms with Gasteiger partial charge < -0.3 is 19.1 Å². The Hall–Kier alpha value is -1.17. The Morgan fingerprint density at radius 1 is 1.20 bits per heavy atom. The Kier molecular flexibility index (Phi) is 9.98. The van der Waals surface area contributed by atoms with Crippen molar-refractivity contribution in [3.8, 4) is 0 Å². The molecule has 1 N–H and O–H groups in total. The van der Waals surface area contributed by atoms with Crippen LogP contribution >= 0.6 is 7.60 Å². The van der Waals surface area contributed by atoms with E-state index < -0.39 is 19.6 Å². The molecule has 0 saturated carbocycles. The van der Waals surface area contributed by atoms with Gasteiger partial charge in [0.2, 0.25) is 6.41 Å². The number of carbonyl (C=O) groups is 2. The minimum absolute atomic E-state index is 0.0190. The number of hydrogen-bond donors (Lipinski definition) is 1. The molecule has 0 aromatic rings. The maximum Gasteiger partial charge on any atom is 0.334 e. The van der Waals surface area contributed by atoms with E-state index in [-0.39, 0.29) is 26.0 Å². The van der Waals surface area contributed by atoms with Crippen molar-refractivity contribution >= 4 is 20.0 Å². The van der Waals surface area contributed by atoms with Gasteiger partial charge in [-0.1, -0.05) is 12.2 Å². The number of hydrogen-bond acceptors (Lipinski definition) is 6. The molecule has 0 saturated heterocycles. The van der Waals surface area contributed by atoms with Crippen molar-refractivity contribution in [3.63, 3.8) is 0 Å². The average molecular weight is 307 g/mol. The zero-order valence-corrected chi connectivity index (χ0v) is 12.9. The maximum atomic E-state index is 12.1. The molecule has 0 aliphatic carbocycles. The van der Waals surface area contributed by atoms with Crippen LogP contribution in [0.15, 0.2) is 12.2 Å². The average Bonchev–Trinajstić information content (AvgIpc) is 2.38. The first-order valence-electron chi connectivity index (χ1n) is 6.44. The summed E-state index contributed by atoms with van der Waals surface area (Å²) in [5.41, 5.74) is 0. The second-order valence-electron chi connectivity index (χ2n) is 3.57. The summed E-state index contributed by atoms with van der Waals surface area (Å²) in [6.07, 6.45) is 3.29. The van der Waals surface area contributed by atoms with E-state index in [0.717, 1.165) is 0 Å². The lowest BCUT2D eigenvalue weighted by atomic mass is 10.3. The third kappa shape index (κ3) is 7.43. The molecule has 0 heterocycles. The summed E-state index contributed by atoms with van der Waals surface area (Å²) in [5, 5.41) is 2.30. The SMILES string of the molecule is CCOC(=O)C(C=CCP(=O)(OCC)OCC)NC=O. The Morgan fingerprint density at radius 2 is 1.80 bits per heavy atom. The van der Waals surface area contributed by atoms with Gasteiger partial charge >= 0.3 is 13.6 Å². The number of esters is 1. The highest BCUT2D eigenvalue weighted by atomic mass is 31.2. The largest absolute Gasteiger partial charge is 0.464 e. The second kappa shape index (κ2) is 10.6. The summed E-state index contributed by atoms with van der Waals surface area (Å²) in [5.74, 6) is -0.585. The Bertz CT molecular complexity index is 361. The van der Waals surface area contributed by atoms with E-state index in [1.807, 2.05) is 0 Å². The standard InChI is InChI=1S/C12H22NO6P/c1-4-17-12(15)11(13-10-14)8-7-9-20(16,18-5-2)19-6-3/h7-8,10-11H,4-6,9H2,1-3H3,(H,13,14). The molecule has 0 rings (SSSR count). The van der Waals surface area contributed by atoms with Crippen LogP contribution in [-0.4, -0.2) is 44.4 Å². The number of rotatable bonds is 11. The maximum absolute atomic E-state index is 12.1. The lowest BCUT2D eigenvalue weighted by Crippen LogP contribution is -2.35. The van der Waals surface area contributed by atoms with Crippen LogP contribution in [0.2, 0.25) is 0 Å². The highest BCUT2D eigenvalue weighted by molar-refractivity contribution is 7.54. The number of amides is 1. The Labute approximate surface area is 119 Å². The third-order valence-corrected chi connectivity index (χ3v) is 4.06. The summed E-state index contributed by atoms with van der Waals surface area (Å²) in [6.45, 7) is 5.82. The molecule has 8 heteroatoms. The number of ether oxygens (including phenoxy) is 1. The summed E-state index contributed by atoms with van der Waals surface area (Å²) >= 11 is 0.